The molecular weight excluding hydrogens is 414 g/mol. The molecule has 2 aromatic rings. The smallest absolute Gasteiger partial charge is 0.345 e. The first-order valence-electron chi connectivity index (χ1n) is 7.29. The molecule has 0 saturated carbocycles. The lowest BCUT2D eigenvalue weighted by atomic mass is 10.1. The SMILES string of the molecule is Cc1csc(CNC(=O)C(=S)Nc2cc(C(F)(F)F)cc(C(F)(F)F)c2)c1. The van der Waals surface area contributed by atoms with Gasteiger partial charge in [-0.05, 0) is 42.1 Å². The number of amides is 1. The first-order valence-corrected chi connectivity index (χ1v) is 8.58. The Kier molecular flexibility index (Phi) is 6.15. The Morgan fingerprint density at radius 3 is 2.04 bits per heavy atom. The Morgan fingerprint density at radius 1 is 1.04 bits per heavy atom. The van der Waals surface area contributed by atoms with Crippen molar-refractivity contribution in [2.45, 2.75) is 25.8 Å². The second kappa shape index (κ2) is 7.85. The van der Waals surface area contributed by atoms with Gasteiger partial charge in [-0.2, -0.15) is 26.3 Å². The molecular formula is C16H12F6N2OS2. The summed E-state index contributed by atoms with van der Waals surface area (Å²) in [6.07, 6.45) is -9.98. The minimum atomic E-state index is -4.99. The van der Waals surface area contributed by atoms with E-state index >= 15 is 0 Å². The maximum absolute atomic E-state index is 12.8. The van der Waals surface area contributed by atoms with Gasteiger partial charge in [0.2, 0.25) is 0 Å². The highest BCUT2D eigenvalue weighted by Gasteiger charge is 2.37. The van der Waals surface area contributed by atoms with Crippen molar-refractivity contribution < 1.29 is 31.1 Å². The molecule has 0 aliphatic carbocycles. The Morgan fingerprint density at radius 2 is 1.59 bits per heavy atom. The second-order valence-electron chi connectivity index (χ2n) is 5.52. The van der Waals surface area contributed by atoms with Crippen molar-refractivity contribution in [1.82, 2.24) is 5.32 Å². The minimum Gasteiger partial charge on any atom is -0.345 e. The molecule has 0 fully saturated rings. The van der Waals surface area contributed by atoms with Gasteiger partial charge in [0, 0.05) is 10.6 Å². The normalized spacial score (nSPS) is 12.0. The molecule has 1 amide bonds. The Bertz CT molecular complexity index is 825. The summed E-state index contributed by atoms with van der Waals surface area (Å²) in [4.78, 5) is 12.2. The van der Waals surface area contributed by atoms with Crippen LogP contribution in [0.5, 0.6) is 0 Å². The number of carbonyl (C=O) groups excluding carboxylic acids is 1. The molecule has 27 heavy (non-hydrogen) atoms. The number of aryl methyl sites for hydroxylation is 1. The number of alkyl halides is 6. The Hall–Kier alpha value is -2.14. The molecule has 3 nitrogen and oxygen atoms in total. The molecule has 0 bridgehead atoms. The molecule has 11 heteroatoms. The fraction of sp³-hybridized carbons (Fsp3) is 0.250. The summed E-state index contributed by atoms with van der Waals surface area (Å²) in [7, 11) is 0. The third-order valence-electron chi connectivity index (χ3n) is 3.26. The van der Waals surface area contributed by atoms with Crippen LogP contribution in [-0.2, 0) is 23.7 Å². The number of benzene rings is 1. The van der Waals surface area contributed by atoms with Gasteiger partial charge in [-0.3, -0.25) is 4.79 Å². The van der Waals surface area contributed by atoms with E-state index in [4.69, 9.17) is 12.2 Å². The van der Waals surface area contributed by atoms with Crippen molar-refractivity contribution in [3.63, 3.8) is 0 Å². The number of hydrogen-bond donors (Lipinski definition) is 2. The summed E-state index contributed by atoms with van der Waals surface area (Å²) in [5.41, 5.74) is -2.59. The monoisotopic (exact) mass is 426 g/mol. The maximum atomic E-state index is 12.8. The quantitative estimate of drug-likeness (QED) is 0.527. The molecule has 0 saturated heterocycles. The number of carbonyl (C=O) groups is 1. The molecule has 0 radical (unpaired) electrons. The Labute approximate surface area is 159 Å². The lowest BCUT2D eigenvalue weighted by Gasteiger charge is -2.15. The van der Waals surface area contributed by atoms with Crippen LogP contribution in [0.25, 0.3) is 0 Å². The third-order valence-corrected chi connectivity index (χ3v) is 4.60. The molecule has 0 spiro atoms. The van der Waals surface area contributed by atoms with Crippen LogP contribution in [0, 0.1) is 6.92 Å². The number of thiocarbonyl (C=S) groups is 1. The molecule has 0 unspecified atom stereocenters. The second-order valence-corrected chi connectivity index (χ2v) is 6.93. The average Bonchev–Trinajstić information content (AvgIpc) is 2.96. The van der Waals surface area contributed by atoms with E-state index < -0.39 is 40.1 Å². The predicted octanol–water partition coefficient (Wildman–Crippen LogP) is 5.15. The van der Waals surface area contributed by atoms with Gasteiger partial charge in [0.15, 0.2) is 4.99 Å². The van der Waals surface area contributed by atoms with Gasteiger partial charge in [0.25, 0.3) is 5.91 Å². The van der Waals surface area contributed by atoms with Crippen molar-refractivity contribution in [1.29, 1.82) is 0 Å². The first-order chi connectivity index (χ1) is 12.4. The number of anilines is 1. The van der Waals surface area contributed by atoms with Crippen molar-refractivity contribution in [3.05, 3.63) is 51.2 Å². The topological polar surface area (TPSA) is 41.1 Å². The fourth-order valence-electron chi connectivity index (χ4n) is 2.05. The minimum absolute atomic E-state index is 0.00652. The van der Waals surface area contributed by atoms with E-state index in [9.17, 15) is 31.1 Å². The molecule has 2 N–H and O–H groups in total. The van der Waals surface area contributed by atoms with Crippen molar-refractivity contribution >= 4 is 40.1 Å². The Balaban J connectivity index is 2.14. The van der Waals surface area contributed by atoms with Crippen molar-refractivity contribution in [2.75, 3.05) is 5.32 Å². The highest BCUT2D eigenvalue weighted by molar-refractivity contribution is 7.82. The van der Waals surface area contributed by atoms with E-state index in [1.165, 1.54) is 11.3 Å². The first kappa shape index (κ1) is 21.2. The summed E-state index contributed by atoms with van der Waals surface area (Å²) in [6, 6.07) is 2.73. The number of rotatable bonds is 3. The van der Waals surface area contributed by atoms with E-state index in [0.717, 1.165) is 10.4 Å². The van der Waals surface area contributed by atoms with E-state index in [2.05, 4.69) is 10.6 Å². The van der Waals surface area contributed by atoms with Gasteiger partial charge in [-0.25, -0.2) is 0 Å². The zero-order chi connectivity index (χ0) is 20.4. The van der Waals surface area contributed by atoms with Gasteiger partial charge in [-0.1, -0.05) is 12.2 Å². The summed E-state index contributed by atoms with van der Waals surface area (Å²) < 4.78 is 77.0. The van der Waals surface area contributed by atoms with E-state index in [1.807, 2.05) is 18.4 Å². The predicted molar refractivity (Wildman–Crippen MR) is 93.6 cm³/mol. The van der Waals surface area contributed by atoms with Gasteiger partial charge in [0.1, 0.15) is 0 Å². The molecule has 0 aliphatic heterocycles. The zero-order valence-electron chi connectivity index (χ0n) is 13.6. The van der Waals surface area contributed by atoms with E-state index in [0.29, 0.717) is 12.1 Å². The van der Waals surface area contributed by atoms with Crippen LogP contribution in [0.1, 0.15) is 21.6 Å². The van der Waals surface area contributed by atoms with Crippen LogP contribution in [0.4, 0.5) is 32.0 Å². The standard InChI is InChI=1S/C16H12F6N2OS2/c1-8-2-12(27-7-8)6-23-13(25)14(26)24-11-4-9(15(17,18)19)3-10(5-11)16(20,21)22/h2-5,7H,6H2,1H3,(H,23,25)(H,24,26). The number of nitrogens with one attached hydrogen (secondary N) is 2. The summed E-state index contributed by atoms with van der Waals surface area (Å²) >= 11 is 6.16. The van der Waals surface area contributed by atoms with Crippen LogP contribution in [-0.4, -0.2) is 10.9 Å². The largest absolute Gasteiger partial charge is 0.416 e. The molecule has 1 heterocycles. The summed E-state index contributed by atoms with van der Waals surface area (Å²) in [5, 5.41) is 6.44. The summed E-state index contributed by atoms with van der Waals surface area (Å²) in [6.45, 7) is 2.00. The molecule has 0 atom stereocenters. The van der Waals surface area contributed by atoms with E-state index in [-0.39, 0.29) is 12.6 Å². The van der Waals surface area contributed by atoms with Crippen LogP contribution in [0.2, 0.25) is 0 Å². The van der Waals surface area contributed by atoms with Crippen LogP contribution in [0.3, 0.4) is 0 Å². The van der Waals surface area contributed by atoms with E-state index in [1.54, 1.807) is 0 Å². The molecule has 146 valence electrons. The van der Waals surface area contributed by atoms with Gasteiger partial charge in [0.05, 0.1) is 17.7 Å². The van der Waals surface area contributed by atoms with Gasteiger partial charge in [-0.15, -0.1) is 11.3 Å². The highest BCUT2D eigenvalue weighted by Crippen LogP contribution is 2.37. The maximum Gasteiger partial charge on any atom is 0.416 e. The molecule has 1 aromatic carbocycles. The molecule has 1 aromatic heterocycles. The van der Waals surface area contributed by atoms with Crippen molar-refractivity contribution in [2.24, 2.45) is 0 Å². The van der Waals surface area contributed by atoms with Gasteiger partial charge < -0.3 is 10.6 Å². The number of halogens is 6. The molecule has 2 rings (SSSR count). The number of hydrogen-bond acceptors (Lipinski definition) is 3. The van der Waals surface area contributed by atoms with Crippen LogP contribution in [0.15, 0.2) is 29.6 Å². The average molecular weight is 426 g/mol. The lowest BCUT2D eigenvalue weighted by molar-refractivity contribution is -0.143. The molecule has 0 aliphatic rings. The van der Waals surface area contributed by atoms with Crippen LogP contribution < -0.4 is 10.6 Å². The van der Waals surface area contributed by atoms with Crippen molar-refractivity contribution in [3.8, 4) is 0 Å². The van der Waals surface area contributed by atoms with Gasteiger partial charge >= 0.3 is 12.4 Å². The summed E-state index contributed by atoms with van der Waals surface area (Å²) in [5.74, 6) is -0.818. The van der Waals surface area contributed by atoms with Crippen LogP contribution >= 0.6 is 23.6 Å². The number of thiophene rings is 1. The third kappa shape index (κ3) is 5.93. The fourth-order valence-corrected chi connectivity index (χ4v) is 3.05. The lowest BCUT2D eigenvalue weighted by Crippen LogP contribution is -2.33. The zero-order valence-corrected chi connectivity index (χ0v) is 15.2. The highest BCUT2D eigenvalue weighted by atomic mass is 32.1.